The van der Waals surface area contributed by atoms with Crippen LogP contribution in [-0.2, 0) is 9.59 Å². The van der Waals surface area contributed by atoms with Crippen molar-refractivity contribution in [1.82, 2.24) is 16.2 Å². The molecule has 8 heteroatoms. The fourth-order valence-electron chi connectivity index (χ4n) is 3.01. The molecule has 0 aromatic heterocycles. The molecule has 152 valence electrons. The van der Waals surface area contributed by atoms with Gasteiger partial charge in [0, 0.05) is 19.5 Å². The predicted octanol–water partition coefficient (Wildman–Crippen LogP) is 1.70. The van der Waals surface area contributed by atoms with Crippen LogP contribution in [0.3, 0.4) is 0 Å². The minimum atomic E-state index is -0.464. The summed E-state index contributed by atoms with van der Waals surface area (Å²) < 4.78 is 0. The highest BCUT2D eigenvalue weighted by molar-refractivity contribution is 5.77. The number of nitroso groups, excluding NO2 is 1. The maximum absolute atomic E-state index is 12.3. The number of hydrazine groups is 1. The van der Waals surface area contributed by atoms with Crippen LogP contribution in [0.25, 0.3) is 0 Å². The van der Waals surface area contributed by atoms with E-state index in [-0.39, 0.29) is 22.2 Å². The molecule has 0 aliphatic heterocycles. The molecule has 0 spiro atoms. The van der Waals surface area contributed by atoms with Crippen molar-refractivity contribution in [1.29, 1.82) is 0 Å². The monoisotopic (exact) mass is 371 g/mol. The van der Waals surface area contributed by atoms with E-state index in [1.54, 1.807) is 0 Å². The summed E-state index contributed by atoms with van der Waals surface area (Å²) in [4.78, 5) is 33.4. The molecule has 0 aromatic carbocycles. The molecule has 5 N–H and O–H groups in total. The van der Waals surface area contributed by atoms with Crippen LogP contribution in [0.1, 0.15) is 60.8 Å². The van der Waals surface area contributed by atoms with Crippen molar-refractivity contribution >= 4 is 11.8 Å². The summed E-state index contributed by atoms with van der Waals surface area (Å²) in [6, 6.07) is 0. The van der Waals surface area contributed by atoms with Gasteiger partial charge in [-0.1, -0.05) is 46.7 Å². The van der Waals surface area contributed by atoms with Crippen molar-refractivity contribution in [3.8, 4) is 0 Å². The highest BCUT2D eigenvalue weighted by Gasteiger charge is 2.30. The lowest BCUT2D eigenvalue weighted by atomic mass is 9.73. The number of hydrogen-bond acceptors (Lipinski definition) is 6. The fourth-order valence-corrected chi connectivity index (χ4v) is 3.01. The summed E-state index contributed by atoms with van der Waals surface area (Å²) in [6.45, 7) is 13.8. The lowest BCUT2D eigenvalue weighted by Gasteiger charge is -2.34. The van der Waals surface area contributed by atoms with Gasteiger partial charge >= 0.3 is 0 Å². The van der Waals surface area contributed by atoms with Crippen LogP contribution in [0.5, 0.6) is 0 Å². The van der Waals surface area contributed by atoms with Gasteiger partial charge in [-0.05, 0) is 35.6 Å². The van der Waals surface area contributed by atoms with Gasteiger partial charge in [0.05, 0.1) is 0 Å². The van der Waals surface area contributed by atoms with Gasteiger partial charge in [0.1, 0.15) is 0 Å². The number of nitrogens with zero attached hydrogens (tertiary/aromatic N) is 1. The molecule has 0 radical (unpaired) electrons. The van der Waals surface area contributed by atoms with Gasteiger partial charge in [-0.3, -0.25) is 15.0 Å². The molecule has 2 amide bonds. The molecule has 0 heterocycles. The highest BCUT2D eigenvalue weighted by Crippen LogP contribution is 2.35. The molecule has 0 aliphatic carbocycles. The molecule has 0 unspecified atom stereocenters. The second kappa shape index (κ2) is 10.6. The number of carbonyl (C=O) groups excluding carboxylic acids is 2. The third kappa shape index (κ3) is 11.9. The normalized spacial score (nSPS) is 12.6. The van der Waals surface area contributed by atoms with E-state index in [9.17, 15) is 14.5 Å². The Bertz CT molecular complexity index is 475. The summed E-state index contributed by atoms with van der Waals surface area (Å²) in [5, 5.41) is 5.52. The fraction of sp³-hybridized carbons (Fsp3) is 0.889. The third-order valence-electron chi connectivity index (χ3n) is 4.28. The van der Waals surface area contributed by atoms with E-state index >= 15 is 0 Å². The highest BCUT2D eigenvalue weighted by atomic mass is 16.3. The van der Waals surface area contributed by atoms with E-state index < -0.39 is 12.5 Å². The van der Waals surface area contributed by atoms with Crippen LogP contribution >= 0.6 is 0 Å². The molecular weight excluding hydrogens is 334 g/mol. The quantitative estimate of drug-likeness (QED) is 0.223. The molecule has 26 heavy (non-hydrogen) atoms. The zero-order valence-electron chi connectivity index (χ0n) is 17.2. The van der Waals surface area contributed by atoms with Crippen LogP contribution in [0.4, 0.5) is 0 Å². The van der Waals surface area contributed by atoms with E-state index in [2.05, 4.69) is 49.0 Å². The predicted molar refractivity (Wildman–Crippen MR) is 104 cm³/mol. The molecule has 0 saturated carbocycles. The maximum atomic E-state index is 12.3. The van der Waals surface area contributed by atoms with Crippen LogP contribution in [0.15, 0.2) is 5.18 Å². The van der Waals surface area contributed by atoms with Crippen molar-refractivity contribution in [3.05, 3.63) is 4.91 Å². The second-order valence-corrected chi connectivity index (χ2v) is 9.34. The van der Waals surface area contributed by atoms with E-state index in [0.29, 0.717) is 26.1 Å². The second-order valence-electron chi connectivity index (χ2n) is 9.34. The summed E-state index contributed by atoms with van der Waals surface area (Å²) in [6.07, 6.45) is 2.08. The molecule has 8 nitrogen and oxygen atoms in total. The van der Waals surface area contributed by atoms with Crippen LogP contribution < -0.4 is 21.9 Å². The Morgan fingerprint density at radius 2 is 1.58 bits per heavy atom. The van der Waals surface area contributed by atoms with Crippen molar-refractivity contribution in [2.24, 2.45) is 27.2 Å². The Hall–Kier alpha value is -1.54. The SMILES string of the molecule is CC(C)(CCNNC(=O)CN=O)CNC(=O)CC(C)(C)CC(C)(C)CN. The molecule has 0 rings (SSSR count). The topological polar surface area (TPSA) is 126 Å². The van der Waals surface area contributed by atoms with E-state index in [1.165, 1.54) is 0 Å². The summed E-state index contributed by atoms with van der Waals surface area (Å²) in [5.41, 5.74) is 10.7. The number of hydrogen-bond donors (Lipinski definition) is 4. The number of carbonyl (C=O) groups is 2. The zero-order valence-corrected chi connectivity index (χ0v) is 17.2. The molecule has 0 aliphatic rings. The van der Waals surface area contributed by atoms with Gasteiger partial charge < -0.3 is 11.1 Å². The first-order valence-corrected chi connectivity index (χ1v) is 9.10. The van der Waals surface area contributed by atoms with Gasteiger partial charge in [0.2, 0.25) is 5.91 Å². The summed E-state index contributed by atoms with van der Waals surface area (Å²) in [5.74, 6) is -0.428. The van der Waals surface area contributed by atoms with E-state index in [1.807, 2.05) is 13.8 Å². The standard InChI is InChI=1S/C18H37N5O3/c1-16(2,7-8-21-23-15(25)10-22-26)13-20-14(24)9-17(3,4)11-18(5,6)12-19/h21H,7-13,19H2,1-6H3,(H,20,24)(H,23,25). The molecular formula is C18H37N5O3. The minimum Gasteiger partial charge on any atom is -0.356 e. The molecule has 0 bridgehead atoms. The van der Waals surface area contributed by atoms with Gasteiger partial charge in [0.15, 0.2) is 6.54 Å². The van der Waals surface area contributed by atoms with Crippen molar-refractivity contribution < 1.29 is 9.59 Å². The smallest absolute Gasteiger partial charge is 0.259 e. The molecule has 0 aromatic rings. The van der Waals surface area contributed by atoms with Gasteiger partial charge in [-0.25, -0.2) is 5.43 Å². The van der Waals surface area contributed by atoms with Gasteiger partial charge in [-0.2, -0.15) is 4.91 Å². The Labute approximate surface area is 157 Å². The average molecular weight is 372 g/mol. The van der Waals surface area contributed by atoms with Crippen LogP contribution in [0, 0.1) is 21.2 Å². The van der Waals surface area contributed by atoms with Gasteiger partial charge in [-0.15, -0.1) is 0 Å². The lowest BCUT2D eigenvalue weighted by molar-refractivity contribution is -0.124. The Kier molecular flexibility index (Phi) is 9.94. The van der Waals surface area contributed by atoms with Crippen LogP contribution in [-0.4, -0.2) is 38.0 Å². The molecule has 0 fully saturated rings. The Morgan fingerprint density at radius 1 is 0.962 bits per heavy atom. The van der Waals surface area contributed by atoms with Crippen LogP contribution in [0.2, 0.25) is 0 Å². The number of amides is 2. The molecule has 0 atom stereocenters. The van der Waals surface area contributed by atoms with Gasteiger partial charge in [0.25, 0.3) is 5.91 Å². The Morgan fingerprint density at radius 3 is 2.12 bits per heavy atom. The number of nitrogens with one attached hydrogen (secondary N) is 3. The van der Waals surface area contributed by atoms with Crippen molar-refractivity contribution in [3.63, 3.8) is 0 Å². The first-order valence-electron chi connectivity index (χ1n) is 9.10. The number of nitrogens with two attached hydrogens (primary N) is 1. The zero-order chi connectivity index (χ0) is 20.4. The Balaban J connectivity index is 4.22. The lowest BCUT2D eigenvalue weighted by Crippen LogP contribution is -2.42. The first kappa shape index (κ1) is 24.5. The van der Waals surface area contributed by atoms with E-state index in [4.69, 9.17) is 5.73 Å². The number of rotatable bonds is 13. The van der Waals surface area contributed by atoms with Crippen molar-refractivity contribution in [2.45, 2.75) is 60.8 Å². The first-order chi connectivity index (χ1) is 11.8. The summed E-state index contributed by atoms with van der Waals surface area (Å²) in [7, 11) is 0. The maximum Gasteiger partial charge on any atom is 0.259 e. The minimum absolute atomic E-state index is 0.0124. The summed E-state index contributed by atoms with van der Waals surface area (Å²) >= 11 is 0. The average Bonchev–Trinajstić information content (AvgIpc) is 2.48. The van der Waals surface area contributed by atoms with E-state index in [0.717, 1.165) is 12.8 Å². The molecule has 0 saturated heterocycles. The van der Waals surface area contributed by atoms with Crippen molar-refractivity contribution in [2.75, 3.05) is 26.2 Å². The third-order valence-corrected chi connectivity index (χ3v) is 4.28. The largest absolute Gasteiger partial charge is 0.356 e.